The number of fused-ring (bicyclic) bond motifs is 1. The number of para-hydroxylation sites is 1. The maximum Gasteiger partial charge on any atom is 0.255 e. The van der Waals surface area contributed by atoms with Crippen LogP contribution in [0.4, 0.5) is 0 Å². The molecule has 0 bridgehead atoms. The molecule has 0 saturated carbocycles. The lowest BCUT2D eigenvalue weighted by atomic mass is 10.2. The third-order valence-corrected chi connectivity index (χ3v) is 2.91. The Kier molecular flexibility index (Phi) is 2.83. The summed E-state index contributed by atoms with van der Waals surface area (Å²) in [5.74, 6) is 0. The largest absolute Gasteiger partial charge is 0.275 e. The summed E-state index contributed by atoms with van der Waals surface area (Å²) in [4.78, 5) is 15.0. The fourth-order valence-corrected chi connectivity index (χ4v) is 1.99. The van der Waals surface area contributed by atoms with Crippen molar-refractivity contribution in [3.05, 3.63) is 40.0 Å². The number of aromatic nitrogens is 1. The van der Waals surface area contributed by atoms with Gasteiger partial charge in [0, 0.05) is 11.6 Å². The summed E-state index contributed by atoms with van der Waals surface area (Å²) in [7, 11) is 0. The maximum atomic E-state index is 11.0. The van der Waals surface area contributed by atoms with Crippen molar-refractivity contribution < 1.29 is 4.79 Å². The van der Waals surface area contributed by atoms with Gasteiger partial charge in [-0.1, -0.05) is 35.3 Å². The van der Waals surface area contributed by atoms with Crippen LogP contribution < -0.4 is 0 Å². The van der Waals surface area contributed by atoms with Gasteiger partial charge in [0.25, 0.3) is 5.24 Å². The van der Waals surface area contributed by atoms with Crippen LogP contribution in [0.3, 0.4) is 0 Å². The second-order valence-corrected chi connectivity index (χ2v) is 4.02. The highest BCUT2D eigenvalue weighted by Crippen LogP contribution is 2.30. The first-order valence-electron chi connectivity index (χ1n) is 4.04. The van der Waals surface area contributed by atoms with Gasteiger partial charge in [0.15, 0.2) is 0 Å². The van der Waals surface area contributed by atoms with E-state index in [2.05, 4.69) is 4.98 Å². The molecule has 0 saturated heterocycles. The van der Waals surface area contributed by atoms with Gasteiger partial charge in [-0.05, 0) is 17.7 Å². The summed E-state index contributed by atoms with van der Waals surface area (Å²) < 4.78 is 0. The maximum absolute atomic E-state index is 11.0. The van der Waals surface area contributed by atoms with Gasteiger partial charge >= 0.3 is 0 Å². The number of benzene rings is 1. The molecule has 0 N–H and O–H groups in total. The van der Waals surface area contributed by atoms with Crippen molar-refractivity contribution in [2.24, 2.45) is 0 Å². The van der Waals surface area contributed by atoms with Gasteiger partial charge in [0.1, 0.15) is 0 Å². The summed E-state index contributed by atoms with van der Waals surface area (Å²) in [6.45, 7) is 0. The normalized spacial score (nSPS) is 10.6. The summed E-state index contributed by atoms with van der Waals surface area (Å²) in [5.41, 5.74) is 0.749. The minimum absolute atomic E-state index is 0.188. The Hall–Kier alpha value is -0.830. The van der Waals surface area contributed by atoms with E-state index < -0.39 is 5.24 Å². The molecule has 2 rings (SSSR count). The van der Waals surface area contributed by atoms with Crippen LogP contribution in [0.5, 0.6) is 0 Å². The molecular formula is C10H4Cl3NO. The van der Waals surface area contributed by atoms with Crippen LogP contribution in [0.1, 0.15) is 10.4 Å². The number of hydrogen-bond donors (Lipinski definition) is 0. The van der Waals surface area contributed by atoms with E-state index in [0.717, 1.165) is 0 Å². The Morgan fingerprint density at radius 3 is 2.67 bits per heavy atom. The molecule has 5 heteroatoms. The molecule has 2 aromatic rings. The topological polar surface area (TPSA) is 30.0 Å². The van der Waals surface area contributed by atoms with Crippen molar-refractivity contribution in [3.63, 3.8) is 0 Å². The molecule has 0 aliphatic heterocycles. The zero-order valence-electron chi connectivity index (χ0n) is 7.30. The predicted octanol–water partition coefficient (Wildman–Crippen LogP) is 3.92. The van der Waals surface area contributed by atoms with Crippen LogP contribution in [0.25, 0.3) is 10.9 Å². The molecule has 0 fully saturated rings. The van der Waals surface area contributed by atoms with Crippen LogP contribution in [0.2, 0.25) is 10.0 Å². The zero-order chi connectivity index (χ0) is 11.0. The lowest BCUT2D eigenvalue weighted by molar-refractivity contribution is 0.108. The van der Waals surface area contributed by atoms with Gasteiger partial charge in [-0.2, -0.15) is 0 Å². The second-order valence-electron chi connectivity index (χ2n) is 2.90. The Balaban J connectivity index is 2.86. The van der Waals surface area contributed by atoms with Crippen molar-refractivity contribution >= 4 is 50.9 Å². The number of carbonyl (C=O) groups excluding carboxylic acids is 1. The van der Waals surface area contributed by atoms with Crippen molar-refractivity contribution in [2.45, 2.75) is 0 Å². The first kappa shape index (κ1) is 10.7. The highest BCUT2D eigenvalue weighted by molar-refractivity contribution is 6.69. The van der Waals surface area contributed by atoms with Gasteiger partial charge < -0.3 is 0 Å². The van der Waals surface area contributed by atoms with E-state index in [9.17, 15) is 4.79 Å². The summed E-state index contributed by atoms with van der Waals surface area (Å²) >= 11 is 17.3. The average Bonchev–Trinajstić information content (AvgIpc) is 2.19. The molecule has 0 radical (unpaired) electrons. The molecule has 0 aliphatic rings. The van der Waals surface area contributed by atoms with Crippen molar-refractivity contribution in [1.82, 2.24) is 4.98 Å². The summed E-state index contributed by atoms with van der Waals surface area (Å²) in [5, 5.41) is 0.760. The fraction of sp³-hybridized carbons (Fsp3) is 0. The summed E-state index contributed by atoms with van der Waals surface area (Å²) in [6, 6.07) is 5.18. The Morgan fingerprint density at radius 2 is 2.00 bits per heavy atom. The number of rotatable bonds is 1. The van der Waals surface area contributed by atoms with Crippen molar-refractivity contribution in [3.8, 4) is 0 Å². The minimum Gasteiger partial charge on any atom is -0.275 e. The number of pyridine rings is 1. The highest BCUT2D eigenvalue weighted by atomic mass is 35.5. The Morgan fingerprint density at radius 1 is 1.27 bits per heavy atom. The third kappa shape index (κ3) is 1.81. The van der Waals surface area contributed by atoms with Gasteiger partial charge in [-0.25, -0.2) is 0 Å². The van der Waals surface area contributed by atoms with Crippen LogP contribution in [-0.2, 0) is 0 Å². The Labute approximate surface area is 101 Å². The SMILES string of the molecule is O=C(Cl)c1cnc2c(Cl)cccc2c1Cl. The molecule has 1 aromatic carbocycles. The summed E-state index contributed by atoms with van der Waals surface area (Å²) in [6.07, 6.45) is 1.33. The molecule has 0 spiro atoms. The monoisotopic (exact) mass is 259 g/mol. The van der Waals surface area contributed by atoms with E-state index in [0.29, 0.717) is 15.9 Å². The van der Waals surface area contributed by atoms with E-state index >= 15 is 0 Å². The van der Waals surface area contributed by atoms with E-state index in [-0.39, 0.29) is 10.6 Å². The minimum atomic E-state index is -0.630. The third-order valence-electron chi connectivity index (χ3n) is 1.99. The van der Waals surface area contributed by atoms with Gasteiger partial charge in [-0.15, -0.1) is 0 Å². The van der Waals surface area contributed by atoms with Crippen LogP contribution in [0.15, 0.2) is 24.4 Å². The molecule has 2 nitrogen and oxygen atoms in total. The highest BCUT2D eigenvalue weighted by Gasteiger charge is 2.12. The molecule has 1 heterocycles. The quantitative estimate of drug-likeness (QED) is 0.727. The molecule has 1 aromatic heterocycles. The van der Waals surface area contributed by atoms with Gasteiger partial charge in [0.2, 0.25) is 0 Å². The smallest absolute Gasteiger partial charge is 0.255 e. The number of hydrogen-bond acceptors (Lipinski definition) is 2. The molecule has 0 amide bonds. The van der Waals surface area contributed by atoms with E-state index in [1.807, 2.05) is 0 Å². The van der Waals surface area contributed by atoms with Crippen LogP contribution in [0, 0.1) is 0 Å². The molecule has 15 heavy (non-hydrogen) atoms. The van der Waals surface area contributed by atoms with E-state index in [4.69, 9.17) is 34.8 Å². The number of halogens is 3. The average molecular weight is 261 g/mol. The Bertz CT molecular complexity index is 554. The van der Waals surface area contributed by atoms with Crippen molar-refractivity contribution in [1.29, 1.82) is 0 Å². The molecule has 0 aliphatic carbocycles. The lowest BCUT2D eigenvalue weighted by Crippen LogP contribution is -1.93. The molecular weight excluding hydrogens is 256 g/mol. The second kappa shape index (κ2) is 3.97. The molecule has 0 atom stereocenters. The van der Waals surface area contributed by atoms with Gasteiger partial charge in [-0.3, -0.25) is 9.78 Å². The first-order valence-corrected chi connectivity index (χ1v) is 5.17. The van der Waals surface area contributed by atoms with Crippen LogP contribution in [-0.4, -0.2) is 10.2 Å². The van der Waals surface area contributed by atoms with Crippen LogP contribution >= 0.6 is 34.8 Å². The first-order chi connectivity index (χ1) is 7.11. The standard InChI is InChI=1S/C10H4Cl3NO/c11-7-3-1-2-5-8(12)6(10(13)15)4-14-9(5)7/h1-4H. The van der Waals surface area contributed by atoms with E-state index in [1.165, 1.54) is 6.20 Å². The predicted molar refractivity (Wildman–Crippen MR) is 61.9 cm³/mol. The van der Waals surface area contributed by atoms with E-state index in [1.54, 1.807) is 18.2 Å². The van der Waals surface area contributed by atoms with Gasteiger partial charge in [0.05, 0.1) is 21.1 Å². The van der Waals surface area contributed by atoms with Crippen molar-refractivity contribution in [2.75, 3.05) is 0 Å². The molecule has 0 unspecified atom stereocenters. The lowest BCUT2D eigenvalue weighted by Gasteiger charge is -2.04. The molecule has 76 valence electrons. The number of nitrogens with zero attached hydrogens (tertiary/aromatic N) is 1. The number of carbonyl (C=O) groups is 1. The fourth-order valence-electron chi connectivity index (χ4n) is 1.29. The zero-order valence-corrected chi connectivity index (χ0v) is 9.57.